The van der Waals surface area contributed by atoms with Crippen LogP contribution < -0.4 is 11.1 Å². The number of nitrogens with zero attached hydrogens (tertiary/aromatic N) is 2. The summed E-state index contributed by atoms with van der Waals surface area (Å²) < 4.78 is 0. The number of rotatable bonds is 7. The molecular formula is C29H28N4O2. The molecule has 0 aliphatic carbocycles. The summed E-state index contributed by atoms with van der Waals surface area (Å²) >= 11 is 0. The van der Waals surface area contributed by atoms with E-state index in [9.17, 15) is 9.59 Å². The molecule has 1 aliphatic heterocycles. The third-order valence-electron chi connectivity index (χ3n) is 6.62. The summed E-state index contributed by atoms with van der Waals surface area (Å²) in [4.78, 5) is 32.5. The highest BCUT2D eigenvalue weighted by Gasteiger charge is 2.33. The minimum Gasteiger partial charge on any atom is -0.368 e. The Hall–Kier alpha value is -4.03. The maximum absolute atomic E-state index is 13.5. The van der Waals surface area contributed by atoms with E-state index >= 15 is 0 Å². The van der Waals surface area contributed by atoms with Crippen molar-refractivity contribution in [2.45, 2.75) is 38.0 Å². The largest absolute Gasteiger partial charge is 0.368 e. The summed E-state index contributed by atoms with van der Waals surface area (Å²) in [6.45, 7) is 1.21. The third-order valence-corrected chi connectivity index (χ3v) is 6.62. The number of aromatic nitrogens is 1. The van der Waals surface area contributed by atoms with Crippen LogP contribution in [0.4, 0.5) is 0 Å². The molecule has 1 aromatic heterocycles. The van der Waals surface area contributed by atoms with Gasteiger partial charge >= 0.3 is 0 Å². The fourth-order valence-corrected chi connectivity index (χ4v) is 4.78. The van der Waals surface area contributed by atoms with Gasteiger partial charge in [-0.3, -0.25) is 19.5 Å². The average molecular weight is 465 g/mol. The lowest BCUT2D eigenvalue weighted by Crippen LogP contribution is -2.55. The Kier molecular flexibility index (Phi) is 6.55. The van der Waals surface area contributed by atoms with E-state index in [0.29, 0.717) is 25.9 Å². The van der Waals surface area contributed by atoms with Crippen LogP contribution in [0.5, 0.6) is 0 Å². The zero-order valence-corrected chi connectivity index (χ0v) is 19.4. The summed E-state index contributed by atoms with van der Waals surface area (Å²) in [7, 11) is 0. The van der Waals surface area contributed by atoms with Gasteiger partial charge in [0.15, 0.2) is 0 Å². The lowest BCUT2D eigenvalue weighted by molar-refractivity contribution is -0.131. The number of nitrogens with two attached hydrogens (primary N) is 1. The summed E-state index contributed by atoms with van der Waals surface area (Å²) in [6, 6.07) is 26.7. The molecule has 4 aromatic rings. The van der Waals surface area contributed by atoms with Crippen LogP contribution in [-0.2, 0) is 35.5 Å². The first-order chi connectivity index (χ1) is 17.1. The predicted octanol–water partition coefficient (Wildman–Crippen LogP) is 3.37. The Morgan fingerprint density at radius 1 is 0.943 bits per heavy atom. The molecule has 6 nitrogen and oxygen atoms in total. The van der Waals surface area contributed by atoms with Gasteiger partial charge in [-0.25, -0.2) is 0 Å². The molecule has 0 saturated carbocycles. The zero-order chi connectivity index (χ0) is 24.2. The molecule has 0 saturated heterocycles. The SMILES string of the molecule is NC(=O)[C@H](Cc1ccccc1)NC(=O)C1Cc2ccccc2CN1Cc1cnc2ccccc2c1. The number of pyridine rings is 1. The van der Waals surface area contributed by atoms with Gasteiger partial charge in [0.2, 0.25) is 11.8 Å². The van der Waals surface area contributed by atoms with Crippen LogP contribution >= 0.6 is 0 Å². The number of hydrogen-bond donors (Lipinski definition) is 2. The van der Waals surface area contributed by atoms with E-state index in [-0.39, 0.29) is 5.91 Å². The van der Waals surface area contributed by atoms with E-state index in [1.165, 1.54) is 5.56 Å². The smallest absolute Gasteiger partial charge is 0.240 e. The molecule has 2 atom stereocenters. The minimum absolute atomic E-state index is 0.187. The number of carbonyl (C=O) groups is 2. The Morgan fingerprint density at radius 3 is 2.46 bits per heavy atom. The third kappa shape index (κ3) is 5.23. The molecule has 2 heterocycles. The molecule has 0 fully saturated rings. The molecule has 6 heteroatoms. The van der Waals surface area contributed by atoms with Crippen molar-refractivity contribution in [1.29, 1.82) is 0 Å². The van der Waals surface area contributed by atoms with Crippen molar-refractivity contribution >= 4 is 22.7 Å². The molecule has 0 spiro atoms. The summed E-state index contributed by atoms with van der Waals surface area (Å²) in [6.07, 6.45) is 2.80. The second-order valence-corrected chi connectivity index (χ2v) is 9.08. The van der Waals surface area contributed by atoms with Crippen LogP contribution in [0.1, 0.15) is 22.3 Å². The predicted molar refractivity (Wildman–Crippen MR) is 136 cm³/mol. The normalized spacial score (nSPS) is 16.4. The second-order valence-electron chi connectivity index (χ2n) is 9.08. The number of amides is 2. The van der Waals surface area contributed by atoms with Crippen LogP contribution in [0.3, 0.4) is 0 Å². The van der Waals surface area contributed by atoms with E-state index < -0.39 is 18.0 Å². The van der Waals surface area contributed by atoms with Gasteiger partial charge in [-0.2, -0.15) is 0 Å². The first-order valence-electron chi connectivity index (χ1n) is 11.8. The fraction of sp³-hybridized carbons (Fsp3) is 0.207. The first-order valence-corrected chi connectivity index (χ1v) is 11.8. The number of fused-ring (bicyclic) bond motifs is 2. The van der Waals surface area contributed by atoms with Gasteiger partial charge in [-0.1, -0.05) is 72.8 Å². The molecular weight excluding hydrogens is 436 g/mol. The van der Waals surface area contributed by atoms with Gasteiger partial charge in [0.25, 0.3) is 0 Å². The molecule has 0 bridgehead atoms. The molecule has 1 unspecified atom stereocenters. The summed E-state index contributed by atoms with van der Waals surface area (Å²) in [5.41, 5.74) is 11.0. The van der Waals surface area contributed by atoms with Gasteiger partial charge < -0.3 is 11.1 Å². The fourth-order valence-electron chi connectivity index (χ4n) is 4.78. The Morgan fingerprint density at radius 2 is 1.66 bits per heavy atom. The lowest BCUT2D eigenvalue weighted by Gasteiger charge is -2.36. The highest BCUT2D eigenvalue weighted by atomic mass is 16.2. The van der Waals surface area contributed by atoms with E-state index in [2.05, 4.69) is 33.4 Å². The van der Waals surface area contributed by atoms with Crippen molar-refractivity contribution < 1.29 is 9.59 Å². The zero-order valence-electron chi connectivity index (χ0n) is 19.4. The van der Waals surface area contributed by atoms with E-state index in [4.69, 9.17) is 5.73 Å². The van der Waals surface area contributed by atoms with Gasteiger partial charge in [-0.15, -0.1) is 0 Å². The van der Waals surface area contributed by atoms with Crippen LogP contribution in [0.15, 0.2) is 91.1 Å². The van der Waals surface area contributed by atoms with E-state index in [1.54, 1.807) is 0 Å². The van der Waals surface area contributed by atoms with Crippen molar-refractivity contribution in [3.63, 3.8) is 0 Å². The maximum atomic E-state index is 13.5. The molecule has 5 rings (SSSR count). The highest BCUT2D eigenvalue weighted by molar-refractivity contribution is 5.89. The van der Waals surface area contributed by atoms with Crippen molar-refractivity contribution in [2.75, 3.05) is 0 Å². The summed E-state index contributed by atoms with van der Waals surface area (Å²) in [5, 5.41) is 4.01. The van der Waals surface area contributed by atoms with E-state index in [1.807, 2.05) is 72.9 Å². The van der Waals surface area contributed by atoms with Crippen molar-refractivity contribution in [3.05, 3.63) is 113 Å². The van der Waals surface area contributed by atoms with Crippen LogP contribution in [0.2, 0.25) is 0 Å². The first kappa shape index (κ1) is 22.7. The molecule has 1 aliphatic rings. The highest BCUT2D eigenvalue weighted by Crippen LogP contribution is 2.26. The molecule has 3 N–H and O–H groups in total. The topological polar surface area (TPSA) is 88.3 Å². The average Bonchev–Trinajstić information content (AvgIpc) is 2.88. The summed E-state index contributed by atoms with van der Waals surface area (Å²) in [5.74, 6) is -0.725. The van der Waals surface area contributed by atoms with Gasteiger partial charge in [-0.05, 0) is 40.8 Å². The van der Waals surface area contributed by atoms with E-state index in [0.717, 1.165) is 27.6 Å². The van der Waals surface area contributed by atoms with Crippen LogP contribution in [0.25, 0.3) is 10.9 Å². The molecule has 0 radical (unpaired) electrons. The number of para-hydroxylation sites is 1. The Labute approximate surface area is 204 Å². The number of nitrogens with one attached hydrogen (secondary N) is 1. The van der Waals surface area contributed by atoms with Gasteiger partial charge in [0.05, 0.1) is 11.6 Å². The number of hydrogen-bond acceptors (Lipinski definition) is 4. The van der Waals surface area contributed by atoms with Crippen molar-refractivity contribution in [1.82, 2.24) is 15.2 Å². The monoisotopic (exact) mass is 464 g/mol. The Balaban J connectivity index is 1.39. The van der Waals surface area contributed by atoms with Crippen molar-refractivity contribution in [2.24, 2.45) is 5.73 Å². The van der Waals surface area contributed by atoms with Gasteiger partial charge in [0.1, 0.15) is 6.04 Å². The molecule has 2 amide bonds. The number of primary amides is 1. The number of carbonyl (C=O) groups excluding carboxylic acids is 2. The quantitative estimate of drug-likeness (QED) is 0.439. The van der Waals surface area contributed by atoms with Crippen LogP contribution in [-0.4, -0.2) is 33.8 Å². The second kappa shape index (κ2) is 10.1. The maximum Gasteiger partial charge on any atom is 0.240 e. The number of benzene rings is 3. The molecule has 3 aromatic carbocycles. The standard InChI is InChI=1S/C29H28N4O2/c30-28(34)26(15-20-8-2-1-3-9-20)32-29(35)27-16-22-10-4-5-12-24(22)19-33(27)18-21-14-23-11-6-7-13-25(23)31-17-21/h1-14,17,26-27H,15-16,18-19H2,(H2,30,34)(H,32,35)/t26-,27?/m0/s1. The lowest BCUT2D eigenvalue weighted by atomic mass is 9.92. The molecule has 176 valence electrons. The molecule has 35 heavy (non-hydrogen) atoms. The minimum atomic E-state index is -0.772. The Bertz CT molecular complexity index is 1360. The van der Waals surface area contributed by atoms with Crippen molar-refractivity contribution in [3.8, 4) is 0 Å². The van der Waals surface area contributed by atoms with Crippen LogP contribution in [0, 0.1) is 0 Å². The van der Waals surface area contributed by atoms with Gasteiger partial charge in [0, 0.05) is 31.1 Å².